The Bertz CT molecular complexity index is 944. The van der Waals surface area contributed by atoms with Gasteiger partial charge in [-0.3, -0.25) is 4.79 Å². The highest BCUT2D eigenvalue weighted by Gasteiger charge is 2.32. The van der Waals surface area contributed by atoms with Crippen molar-refractivity contribution in [2.75, 3.05) is 31.4 Å². The largest absolute Gasteiger partial charge is 0.497 e. The number of amides is 1. The average Bonchev–Trinajstić information content (AvgIpc) is 2.98. The third-order valence-corrected chi connectivity index (χ3v) is 7.34. The highest BCUT2D eigenvalue weighted by molar-refractivity contribution is 7.99. The minimum absolute atomic E-state index is 0.0625. The number of benzene rings is 1. The summed E-state index contributed by atoms with van der Waals surface area (Å²) in [7, 11) is 0.292. The number of hydrogen-bond acceptors (Lipinski definition) is 6. The Morgan fingerprint density at radius 3 is 2.81 bits per heavy atom. The predicted octanol–water partition coefficient (Wildman–Crippen LogP) is 2.29. The average molecular weight is 395 g/mol. The van der Waals surface area contributed by atoms with Gasteiger partial charge in [0, 0.05) is 24.5 Å². The van der Waals surface area contributed by atoms with E-state index in [9.17, 15) is 13.2 Å². The number of pyridine rings is 1. The van der Waals surface area contributed by atoms with Crippen molar-refractivity contribution in [1.29, 1.82) is 0 Å². The van der Waals surface area contributed by atoms with Gasteiger partial charge in [-0.1, -0.05) is 11.8 Å². The fourth-order valence-corrected chi connectivity index (χ4v) is 5.75. The van der Waals surface area contributed by atoms with Crippen molar-refractivity contribution in [3.63, 3.8) is 0 Å². The number of fused-ring (bicyclic) bond motifs is 1. The molecule has 0 aliphatic carbocycles. The van der Waals surface area contributed by atoms with Crippen LogP contribution in [0.1, 0.15) is 12.0 Å². The van der Waals surface area contributed by atoms with Gasteiger partial charge < -0.3 is 9.64 Å². The summed E-state index contributed by atoms with van der Waals surface area (Å²) in [6.45, 7) is 2.01. The van der Waals surface area contributed by atoms with Gasteiger partial charge in [0.1, 0.15) is 5.75 Å². The number of sulfone groups is 1. The lowest BCUT2D eigenvalue weighted by molar-refractivity contribution is -0.128. The summed E-state index contributed by atoms with van der Waals surface area (Å²) < 4.78 is 28.4. The molecule has 1 aromatic carbocycles. The van der Waals surface area contributed by atoms with E-state index in [1.54, 1.807) is 19.1 Å². The molecule has 3 rings (SSSR count). The van der Waals surface area contributed by atoms with E-state index in [-0.39, 0.29) is 29.2 Å². The molecule has 8 heteroatoms. The third kappa shape index (κ3) is 4.12. The zero-order chi connectivity index (χ0) is 18.9. The second-order valence-electron chi connectivity index (χ2n) is 6.51. The lowest BCUT2D eigenvalue weighted by Crippen LogP contribution is -2.38. The number of nitrogens with zero attached hydrogens (tertiary/aromatic N) is 2. The summed E-state index contributed by atoms with van der Waals surface area (Å²) in [6, 6.07) is 7.50. The van der Waals surface area contributed by atoms with Gasteiger partial charge in [0.25, 0.3) is 0 Å². The highest BCUT2D eigenvalue weighted by atomic mass is 32.2. The molecule has 0 spiro atoms. The zero-order valence-corrected chi connectivity index (χ0v) is 16.7. The van der Waals surface area contributed by atoms with Gasteiger partial charge in [0.2, 0.25) is 5.91 Å². The lowest BCUT2D eigenvalue weighted by atomic mass is 10.1. The Morgan fingerprint density at radius 2 is 2.15 bits per heavy atom. The van der Waals surface area contributed by atoms with Crippen molar-refractivity contribution < 1.29 is 17.9 Å². The number of methoxy groups -OCH3 is 1. The molecular weight excluding hydrogens is 372 g/mol. The lowest BCUT2D eigenvalue weighted by Gasteiger charge is -2.23. The van der Waals surface area contributed by atoms with Crippen molar-refractivity contribution in [3.05, 3.63) is 29.8 Å². The molecule has 0 radical (unpaired) electrons. The minimum atomic E-state index is -3.00. The van der Waals surface area contributed by atoms with Crippen molar-refractivity contribution in [3.8, 4) is 5.75 Å². The van der Waals surface area contributed by atoms with Gasteiger partial charge in [0.05, 0.1) is 34.9 Å². The molecule has 0 bridgehead atoms. The number of hydrogen-bond donors (Lipinski definition) is 0. The van der Waals surface area contributed by atoms with E-state index in [4.69, 9.17) is 4.74 Å². The first kappa shape index (κ1) is 19.0. The molecule has 6 nitrogen and oxygen atoms in total. The Labute approximate surface area is 157 Å². The maximum Gasteiger partial charge on any atom is 0.233 e. The van der Waals surface area contributed by atoms with Crippen LogP contribution >= 0.6 is 11.8 Å². The molecule has 0 N–H and O–H groups in total. The zero-order valence-electron chi connectivity index (χ0n) is 15.1. The Kier molecular flexibility index (Phi) is 5.43. The number of aryl methyl sites for hydroxylation is 1. The van der Waals surface area contributed by atoms with E-state index < -0.39 is 9.84 Å². The number of thioether (sulfide) groups is 1. The first-order chi connectivity index (χ1) is 12.3. The van der Waals surface area contributed by atoms with Crippen LogP contribution in [0, 0.1) is 6.92 Å². The molecule has 1 aliphatic rings. The number of aromatic nitrogens is 1. The molecule has 2 heterocycles. The molecular formula is C18H22N2O4S2. The summed E-state index contributed by atoms with van der Waals surface area (Å²) >= 11 is 1.37. The van der Waals surface area contributed by atoms with Gasteiger partial charge in [-0.2, -0.15) is 0 Å². The molecule has 140 valence electrons. The van der Waals surface area contributed by atoms with Crippen LogP contribution < -0.4 is 4.74 Å². The van der Waals surface area contributed by atoms with Crippen molar-refractivity contribution in [2.24, 2.45) is 0 Å². The Hall–Kier alpha value is -1.80. The molecule has 1 atom stereocenters. The highest BCUT2D eigenvalue weighted by Crippen LogP contribution is 2.27. The van der Waals surface area contributed by atoms with E-state index in [0.717, 1.165) is 27.2 Å². The molecule has 1 aromatic heterocycles. The van der Waals surface area contributed by atoms with Gasteiger partial charge in [-0.05, 0) is 37.1 Å². The monoisotopic (exact) mass is 394 g/mol. The first-order valence-corrected chi connectivity index (χ1v) is 11.1. The Balaban J connectivity index is 1.70. The normalized spacial score (nSPS) is 18.8. The van der Waals surface area contributed by atoms with Crippen LogP contribution in [-0.4, -0.2) is 61.7 Å². The summed E-state index contributed by atoms with van der Waals surface area (Å²) in [5, 5.41) is 1.82. The summed E-state index contributed by atoms with van der Waals surface area (Å²) in [6.07, 6.45) is 0.516. The second kappa shape index (κ2) is 7.44. The van der Waals surface area contributed by atoms with E-state index >= 15 is 0 Å². The van der Waals surface area contributed by atoms with Crippen LogP contribution in [0.2, 0.25) is 0 Å². The van der Waals surface area contributed by atoms with E-state index in [2.05, 4.69) is 4.98 Å². The number of carbonyl (C=O) groups is 1. The molecule has 0 saturated carbocycles. The number of rotatable bonds is 5. The van der Waals surface area contributed by atoms with E-state index in [0.29, 0.717) is 6.42 Å². The van der Waals surface area contributed by atoms with Crippen molar-refractivity contribution >= 4 is 38.4 Å². The maximum atomic E-state index is 12.4. The van der Waals surface area contributed by atoms with Gasteiger partial charge in [-0.15, -0.1) is 0 Å². The fourth-order valence-electron chi connectivity index (χ4n) is 3.07. The summed E-state index contributed by atoms with van der Waals surface area (Å²) in [5.74, 6) is 1.12. The molecule has 1 saturated heterocycles. The SMILES string of the molecule is COc1ccc2c(C)cc(SCC(=O)N(C)[C@H]3CCS(=O)(=O)C3)nc2c1. The molecule has 1 fully saturated rings. The third-order valence-electron chi connectivity index (χ3n) is 4.69. The van der Waals surface area contributed by atoms with Crippen LogP contribution in [0.25, 0.3) is 10.9 Å². The molecule has 1 aliphatic heterocycles. The van der Waals surface area contributed by atoms with Crippen LogP contribution in [0.15, 0.2) is 29.3 Å². The summed E-state index contributed by atoms with van der Waals surface area (Å²) in [4.78, 5) is 18.6. The number of ether oxygens (including phenoxy) is 1. The van der Waals surface area contributed by atoms with Gasteiger partial charge in [-0.25, -0.2) is 13.4 Å². The quantitative estimate of drug-likeness (QED) is 0.724. The van der Waals surface area contributed by atoms with E-state index in [1.165, 1.54) is 11.8 Å². The summed E-state index contributed by atoms with van der Waals surface area (Å²) in [5.41, 5.74) is 1.91. The molecule has 26 heavy (non-hydrogen) atoms. The molecule has 2 aromatic rings. The standard InChI is InChI=1S/C18H22N2O4S2/c1-12-8-17(19-16-9-14(24-3)4-5-15(12)16)25-10-18(21)20(2)13-6-7-26(22,23)11-13/h4-5,8-9,13H,6-7,10-11H2,1-3H3/t13-/m0/s1. The Morgan fingerprint density at radius 1 is 1.38 bits per heavy atom. The predicted molar refractivity (Wildman–Crippen MR) is 104 cm³/mol. The smallest absolute Gasteiger partial charge is 0.233 e. The van der Waals surface area contributed by atoms with Crippen molar-refractivity contribution in [2.45, 2.75) is 24.4 Å². The second-order valence-corrected chi connectivity index (χ2v) is 9.73. The minimum Gasteiger partial charge on any atom is -0.497 e. The van der Waals surface area contributed by atoms with Crippen molar-refractivity contribution in [1.82, 2.24) is 9.88 Å². The number of carbonyl (C=O) groups excluding carboxylic acids is 1. The molecule has 0 unspecified atom stereocenters. The van der Waals surface area contributed by atoms with E-state index in [1.807, 2.05) is 31.2 Å². The van der Waals surface area contributed by atoms with Gasteiger partial charge >= 0.3 is 0 Å². The topological polar surface area (TPSA) is 76.6 Å². The van der Waals surface area contributed by atoms with Crippen LogP contribution in [0.3, 0.4) is 0 Å². The van der Waals surface area contributed by atoms with Crippen LogP contribution in [0.4, 0.5) is 0 Å². The first-order valence-electron chi connectivity index (χ1n) is 8.33. The maximum absolute atomic E-state index is 12.4. The molecule has 1 amide bonds. The fraction of sp³-hybridized carbons (Fsp3) is 0.444. The van der Waals surface area contributed by atoms with Crippen LogP contribution in [-0.2, 0) is 14.6 Å². The van der Waals surface area contributed by atoms with Gasteiger partial charge in [0.15, 0.2) is 9.84 Å². The van der Waals surface area contributed by atoms with Crippen LogP contribution in [0.5, 0.6) is 5.75 Å².